The van der Waals surface area contributed by atoms with E-state index in [1.54, 1.807) is 6.92 Å². The second-order valence-corrected chi connectivity index (χ2v) is 7.11. The second-order valence-electron chi connectivity index (χ2n) is 5.48. The van der Waals surface area contributed by atoms with Crippen LogP contribution < -0.4 is 5.32 Å². The fraction of sp³-hybridized carbons (Fsp3) is 0.167. The Morgan fingerprint density at radius 3 is 2.79 bits per heavy atom. The lowest BCUT2D eigenvalue weighted by Crippen LogP contribution is -2.20. The Morgan fingerprint density at radius 1 is 1.36 bits per heavy atom. The monoisotopic (exact) mass is 415 g/mol. The van der Waals surface area contributed by atoms with Crippen LogP contribution in [0.5, 0.6) is 0 Å². The normalized spacial score (nSPS) is 10.3. The van der Waals surface area contributed by atoms with Gasteiger partial charge in [-0.2, -0.15) is 5.26 Å². The molecule has 0 radical (unpaired) electrons. The molecule has 0 aliphatic carbocycles. The molecule has 1 N–H and O–H groups in total. The number of nitrogens with zero attached hydrogens (tertiary/aromatic N) is 4. The smallest absolute Gasteiger partial charge is 0.341 e. The summed E-state index contributed by atoms with van der Waals surface area (Å²) in [6, 6.07) is 11.0. The van der Waals surface area contributed by atoms with E-state index >= 15 is 0 Å². The molecule has 2 heterocycles. The van der Waals surface area contributed by atoms with Crippen molar-refractivity contribution in [3.05, 3.63) is 52.4 Å². The fourth-order valence-electron chi connectivity index (χ4n) is 2.53. The number of nitrogens with one attached hydrogen (secondary N) is 1. The number of anilines is 1. The molecule has 142 valence electrons. The molecule has 0 saturated carbocycles. The van der Waals surface area contributed by atoms with E-state index < -0.39 is 11.9 Å². The number of hydrogen-bond donors (Lipinski definition) is 1. The average Bonchev–Trinajstić information content (AvgIpc) is 3.26. The first kappa shape index (κ1) is 19.5. The van der Waals surface area contributed by atoms with Crippen molar-refractivity contribution < 1.29 is 14.3 Å². The van der Waals surface area contributed by atoms with Crippen molar-refractivity contribution in [2.24, 2.45) is 0 Å². The maximum absolute atomic E-state index is 12.6. The highest BCUT2D eigenvalue weighted by Crippen LogP contribution is 2.43. The van der Waals surface area contributed by atoms with E-state index in [4.69, 9.17) is 21.6 Å². The van der Waals surface area contributed by atoms with Crippen LogP contribution in [0.3, 0.4) is 0 Å². The summed E-state index contributed by atoms with van der Waals surface area (Å²) in [5.41, 5.74) is 1.43. The van der Waals surface area contributed by atoms with E-state index in [1.807, 2.05) is 36.4 Å². The summed E-state index contributed by atoms with van der Waals surface area (Å²) >= 11 is 7.46. The second kappa shape index (κ2) is 8.65. The minimum Gasteiger partial charge on any atom is -0.462 e. The molecule has 2 aromatic heterocycles. The summed E-state index contributed by atoms with van der Waals surface area (Å²) in [7, 11) is 0. The SMILES string of the molecule is CCOC(=O)c1c(NC(=O)Cn2cnnc2C#N)sc(Cl)c1-c1ccccc1. The van der Waals surface area contributed by atoms with Gasteiger partial charge in [0.2, 0.25) is 11.7 Å². The van der Waals surface area contributed by atoms with Gasteiger partial charge in [-0.05, 0) is 12.5 Å². The van der Waals surface area contributed by atoms with E-state index in [0.29, 0.717) is 9.90 Å². The van der Waals surface area contributed by atoms with Gasteiger partial charge in [-0.25, -0.2) is 4.79 Å². The van der Waals surface area contributed by atoms with Gasteiger partial charge < -0.3 is 10.1 Å². The molecular formula is C18H14ClN5O3S. The number of rotatable bonds is 6. The number of esters is 1. The van der Waals surface area contributed by atoms with Crippen LogP contribution in [0, 0.1) is 11.3 Å². The Kier molecular flexibility index (Phi) is 6.03. The van der Waals surface area contributed by atoms with Gasteiger partial charge in [0.05, 0.1) is 6.61 Å². The first-order valence-electron chi connectivity index (χ1n) is 8.17. The van der Waals surface area contributed by atoms with Crippen LogP contribution in [0.1, 0.15) is 23.1 Å². The van der Waals surface area contributed by atoms with Gasteiger partial charge in [-0.1, -0.05) is 41.9 Å². The standard InChI is InChI=1S/C18H14ClN5O3S/c1-2-27-18(26)15-14(11-6-4-3-5-7-11)16(19)28-17(15)22-13(25)9-24-10-21-23-12(24)8-20/h3-7,10H,2,9H2,1H3,(H,22,25). The molecule has 3 aromatic rings. The van der Waals surface area contributed by atoms with Gasteiger partial charge in [-0.15, -0.1) is 21.5 Å². The predicted octanol–water partition coefficient (Wildman–Crippen LogP) is 3.35. The Hall–Kier alpha value is -3.22. The third kappa shape index (κ3) is 4.03. The average molecular weight is 416 g/mol. The fourth-order valence-corrected chi connectivity index (χ4v) is 3.92. The van der Waals surface area contributed by atoms with Crippen molar-refractivity contribution in [2.45, 2.75) is 13.5 Å². The van der Waals surface area contributed by atoms with Gasteiger partial charge in [0.25, 0.3) is 0 Å². The van der Waals surface area contributed by atoms with Crippen LogP contribution in [0.25, 0.3) is 11.1 Å². The molecule has 0 unspecified atom stereocenters. The maximum Gasteiger partial charge on any atom is 0.341 e. The number of benzene rings is 1. The number of carbonyl (C=O) groups is 2. The number of amides is 1. The molecule has 28 heavy (non-hydrogen) atoms. The lowest BCUT2D eigenvalue weighted by atomic mass is 10.0. The van der Waals surface area contributed by atoms with Crippen LogP contribution >= 0.6 is 22.9 Å². The molecule has 0 spiro atoms. The summed E-state index contributed by atoms with van der Waals surface area (Å²) in [5.74, 6) is -1.03. The zero-order chi connectivity index (χ0) is 20.1. The lowest BCUT2D eigenvalue weighted by Gasteiger charge is -2.09. The van der Waals surface area contributed by atoms with Crippen LogP contribution in [0.4, 0.5) is 5.00 Å². The Bertz CT molecular complexity index is 1060. The van der Waals surface area contributed by atoms with Crippen LogP contribution in [0.15, 0.2) is 36.7 Å². The number of halogens is 1. The molecule has 0 aliphatic rings. The minimum absolute atomic E-state index is 0.00922. The maximum atomic E-state index is 12.6. The van der Waals surface area contributed by atoms with Crippen LogP contribution in [-0.4, -0.2) is 33.2 Å². The van der Waals surface area contributed by atoms with E-state index in [9.17, 15) is 9.59 Å². The number of nitriles is 1. The van der Waals surface area contributed by atoms with Crippen molar-refractivity contribution in [3.63, 3.8) is 0 Å². The highest BCUT2D eigenvalue weighted by atomic mass is 35.5. The molecule has 1 amide bonds. The molecule has 8 nitrogen and oxygen atoms in total. The summed E-state index contributed by atoms with van der Waals surface area (Å²) in [6.07, 6.45) is 1.28. The summed E-state index contributed by atoms with van der Waals surface area (Å²) in [5, 5.41) is 19.1. The predicted molar refractivity (Wildman–Crippen MR) is 104 cm³/mol. The Morgan fingerprint density at radius 2 is 2.11 bits per heavy atom. The molecule has 3 rings (SSSR count). The number of ether oxygens (including phenoxy) is 1. The minimum atomic E-state index is -0.582. The van der Waals surface area contributed by atoms with Crippen molar-refractivity contribution in [1.82, 2.24) is 14.8 Å². The quantitative estimate of drug-likeness (QED) is 0.618. The highest BCUT2D eigenvalue weighted by molar-refractivity contribution is 7.21. The first-order chi connectivity index (χ1) is 13.5. The number of thiophene rings is 1. The Balaban J connectivity index is 1.95. The number of aromatic nitrogens is 3. The lowest BCUT2D eigenvalue weighted by molar-refractivity contribution is -0.116. The third-order valence-corrected chi connectivity index (χ3v) is 5.00. The zero-order valence-corrected chi connectivity index (χ0v) is 16.3. The van der Waals surface area contributed by atoms with E-state index in [0.717, 1.165) is 16.9 Å². The Labute approximate surface area is 169 Å². The van der Waals surface area contributed by atoms with Crippen molar-refractivity contribution in [2.75, 3.05) is 11.9 Å². The van der Waals surface area contributed by atoms with Gasteiger partial charge in [0.1, 0.15) is 33.8 Å². The molecule has 1 aromatic carbocycles. The van der Waals surface area contributed by atoms with E-state index in [2.05, 4.69) is 15.5 Å². The van der Waals surface area contributed by atoms with E-state index in [-0.39, 0.29) is 29.5 Å². The third-order valence-electron chi connectivity index (χ3n) is 3.69. The number of carbonyl (C=O) groups excluding carboxylic acids is 2. The summed E-state index contributed by atoms with van der Waals surface area (Å²) < 4.78 is 6.81. The number of hydrogen-bond acceptors (Lipinski definition) is 7. The molecular weight excluding hydrogens is 402 g/mol. The zero-order valence-electron chi connectivity index (χ0n) is 14.7. The molecule has 0 saturated heterocycles. The van der Waals surface area contributed by atoms with Gasteiger partial charge >= 0.3 is 5.97 Å². The molecule has 0 fully saturated rings. The largest absolute Gasteiger partial charge is 0.462 e. The van der Waals surface area contributed by atoms with Gasteiger partial charge in [0.15, 0.2) is 0 Å². The van der Waals surface area contributed by atoms with E-state index in [1.165, 1.54) is 10.9 Å². The highest BCUT2D eigenvalue weighted by Gasteiger charge is 2.26. The molecule has 0 bridgehead atoms. The van der Waals surface area contributed by atoms with Crippen molar-refractivity contribution >= 4 is 39.8 Å². The topological polar surface area (TPSA) is 110 Å². The summed E-state index contributed by atoms with van der Waals surface area (Å²) in [4.78, 5) is 25.0. The molecule has 0 atom stereocenters. The van der Waals surface area contributed by atoms with Gasteiger partial charge in [-0.3, -0.25) is 9.36 Å². The molecule has 0 aliphatic heterocycles. The van der Waals surface area contributed by atoms with Crippen molar-refractivity contribution in [1.29, 1.82) is 5.26 Å². The van der Waals surface area contributed by atoms with Crippen LogP contribution in [-0.2, 0) is 16.1 Å². The van der Waals surface area contributed by atoms with Crippen LogP contribution in [0.2, 0.25) is 4.34 Å². The molecule has 10 heteroatoms. The first-order valence-corrected chi connectivity index (χ1v) is 9.37. The van der Waals surface area contributed by atoms with Crippen molar-refractivity contribution in [3.8, 4) is 17.2 Å². The summed E-state index contributed by atoms with van der Waals surface area (Å²) in [6.45, 7) is 1.69. The van der Waals surface area contributed by atoms with Gasteiger partial charge in [0, 0.05) is 5.56 Å².